The summed E-state index contributed by atoms with van der Waals surface area (Å²) in [7, 11) is 0. The maximum absolute atomic E-state index is 11.8. The molecule has 0 aliphatic heterocycles. The molecule has 0 aliphatic rings. The first-order valence-corrected chi connectivity index (χ1v) is 7.38. The Kier molecular flexibility index (Phi) is 6.76. The minimum absolute atomic E-state index is 0.00323. The SMILES string of the molecule is CCCNC(=O)C(C#N)=Cc1cc(Br)c(O)c(OCC)c1. The molecule has 0 radical (unpaired) electrons. The molecule has 6 heteroatoms. The summed E-state index contributed by atoms with van der Waals surface area (Å²) in [6.07, 6.45) is 2.25. The summed E-state index contributed by atoms with van der Waals surface area (Å²) in [5.74, 6) is -0.131. The second-order valence-corrected chi connectivity index (χ2v) is 5.06. The summed E-state index contributed by atoms with van der Waals surface area (Å²) < 4.78 is 5.74. The highest BCUT2D eigenvalue weighted by atomic mass is 79.9. The van der Waals surface area contributed by atoms with Gasteiger partial charge in [-0.1, -0.05) is 6.92 Å². The van der Waals surface area contributed by atoms with Crippen LogP contribution in [0.15, 0.2) is 22.2 Å². The van der Waals surface area contributed by atoms with Crippen LogP contribution in [0.2, 0.25) is 0 Å². The molecule has 1 aromatic rings. The van der Waals surface area contributed by atoms with E-state index in [1.165, 1.54) is 6.08 Å². The Morgan fingerprint density at radius 2 is 2.24 bits per heavy atom. The van der Waals surface area contributed by atoms with E-state index in [1.54, 1.807) is 19.1 Å². The van der Waals surface area contributed by atoms with Gasteiger partial charge in [0.2, 0.25) is 0 Å². The predicted molar refractivity (Wildman–Crippen MR) is 83.9 cm³/mol. The predicted octanol–water partition coefficient (Wildman–Crippen LogP) is 2.99. The summed E-state index contributed by atoms with van der Waals surface area (Å²) >= 11 is 3.22. The molecule has 0 atom stereocenters. The van der Waals surface area contributed by atoms with Gasteiger partial charge < -0.3 is 15.2 Å². The lowest BCUT2D eigenvalue weighted by molar-refractivity contribution is -0.117. The minimum atomic E-state index is -0.415. The van der Waals surface area contributed by atoms with Crippen molar-refractivity contribution in [2.75, 3.05) is 13.2 Å². The summed E-state index contributed by atoms with van der Waals surface area (Å²) in [6.45, 7) is 4.65. The zero-order valence-corrected chi connectivity index (χ0v) is 13.5. The van der Waals surface area contributed by atoms with Crippen LogP contribution in [0.25, 0.3) is 6.08 Å². The van der Waals surface area contributed by atoms with Gasteiger partial charge in [-0.25, -0.2) is 0 Å². The van der Waals surface area contributed by atoms with E-state index in [4.69, 9.17) is 10.00 Å². The molecule has 0 fully saturated rings. The summed E-state index contributed by atoms with van der Waals surface area (Å²) in [6, 6.07) is 5.07. The number of phenolic OH excluding ortho intramolecular Hbond substituents is 1. The van der Waals surface area contributed by atoms with Gasteiger partial charge in [0.15, 0.2) is 11.5 Å². The molecular formula is C15H17BrN2O3. The molecule has 0 aliphatic carbocycles. The Bertz CT molecular complexity index is 591. The lowest BCUT2D eigenvalue weighted by Crippen LogP contribution is -2.25. The van der Waals surface area contributed by atoms with Crippen molar-refractivity contribution in [3.63, 3.8) is 0 Å². The first-order valence-electron chi connectivity index (χ1n) is 6.58. The number of nitrogens with one attached hydrogen (secondary N) is 1. The highest BCUT2D eigenvalue weighted by Crippen LogP contribution is 2.36. The largest absolute Gasteiger partial charge is 0.503 e. The van der Waals surface area contributed by atoms with Crippen LogP contribution in [-0.4, -0.2) is 24.2 Å². The van der Waals surface area contributed by atoms with E-state index < -0.39 is 5.91 Å². The summed E-state index contributed by atoms with van der Waals surface area (Å²) in [4.78, 5) is 11.8. The number of halogens is 1. The zero-order valence-electron chi connectivity index (χ0n) is 11.9. The molecule has 1 rings (SSSR count). The fraction of sp³-hybridized carbons (Fsp3) is 0.333. The van der Waals surface area contributed by atoms with Crippen LogP contribution in [0.1, 0.15) is 25.8 Å². The van der Waals surface area contributed by atoms with E-state index in [2.05, 4.69) is 21.2 Å². The van der Waals surface area contributed by atoms with E-state index in [9.17, 15) is 9.90 Å². The monoisotopic (exact) mass is 352 g/mol. The van der Waals surface area contributed by atoms with Gasteiger partial charge in [0.1, 0.15) is 11.6 Å². The molecule has 1 aromatic carbocycles. The third-order valence-electron chi connectivity index (χ3n) is 2.56. The minimum Gasteiger partial charge on any atom is -0.503 e. The number of amides is 1. The lowest BCUT2D eigenvalue weighted by atomic mass is 10.1. The molecule has 0 aromatic heterocycles. The third kappa shape index (κ3) is 4.80. The van der Waals surface area contributed by atoms with Crippen molar-refractivity contribution in [3.05, 3.63) is 27.7 Å². The van der Waals surface area contributed by atoms with Gasteiger partial charge in [-0.3, -0.25) is 4.79 Å². The Labute approximate surface area is 132 Å². The van der Waals surface area contributed by atoms with Crippen LogP contribution in [0.4, 0.5) is 0 Å². The molecule has 5 nitrogen and oxygen atoms in total. The quantitative estimate of drug-likeness (QED) is 0.608. The third-order valence-corrected chi connectivity index (χ3v) is 3.17. The Balaban J connectivity index is 3.11. The lowest BCUT2D eigenvalue weighted by Gasteiger charge is -2.09. The van der Waals surface area contributed by atoms with E-state index in [0.29, 0.717) is 28.9 Å². The molecule has 0 spiro atoms. The Hall–Kier alpha value is -2.00. The number of nitriles is 1. The molecule has 1 amide bonds. The average molecular weight is 353 g/mol. The van der Waals surface area contributed by atoms with Crippen LogP contribution in [0, 0.1) is 11.3 Å². The van der Waals surface area contributed by atoms with Crippen LogP contribution in [0.5, 0.6) is 11.5 Å². The molecule has 0 heterocycles. The number of phenols is 1. The van der Waals surface area contributed by atoms with Crippen LogP contribution >= 0.6 is 15.9 Å². The number of rotatable bonds is 6. The number of benzene rings is 1. The highest BCUT2D eigenvalue weighted by Gasteiger charge is 2.11. The second kappa shape index (κ2) is 8.32. The van der Waals surface area contributed by atoms with E-state index in [1.807, 2.05) is 13.0 Å². The van der Waals surface area contributed by atoms with Gasteiger partial charge in [-0.2, -0.15) is 5.26 Å². The van der Waals surface area contributed by atoms with Gasteiger partial charge >= 0.3 is 0 Å². The van der Waals surface area contributed by atoms with E-state index in [0.717, 1.165) is 6.42 Å². The molecule has 0 saturated carbocycles. The van der Waals surface area contributed by atoms with Gasteiger partial charge in [-0.15, -0.1) is 0 Å². The van der Waals surface area contributed by atoms with Crippen molar-refractivity contribution < 1.29 is 14.6 Å². The van der Waals surface area contributed by atoms with Crippen molar-refractivity contribution in [3.8, 4) is 17.6 Å². The molecule has 112 valence electrons. The summed E-state index contributed by atoms with van der Waals surface area (Å²) in [5, 5.41) is 21.6. The summed E-state index contributed by atoms with van der Waals surface area (Å²) in [5.41, 5.74) is 0.592. The molecule has 2 N–H and O–H groups in total. The second-order valence-electron chi connectivity index (χ2n) is 4.21. The fourth-order valence-corrected chi connectivity index (χ4v) is 2.05. The standard InChI is InChI=1S/C15H17BrN2O3/c1-3-5-18-15(20)11(9-17)6-10-7-12(16)14(19)13(8-10)21-4-2/h6-8,19H,3-5H2,1-2H3,(H,18,20). The molecular weight excluding hydrogens is 336 g/mol. The number of carbonyl (C=O) groups is 1. The zero-order chi connectivity index (χ0) is 15.8. The van der Waals surface area contributed by atoms with Crippen molar-refractivity contribution >= 4 is 27.9 Å². The molecule has 0 unspecified atom stereocenters. The van der Waals surface area contributed by atoms with Crippen molar-refractivity contribution in [2.45, 2.75) is 20.3 Å². The first-order chi connectivity index (χ1) is 10.0. The molecule has 0 saturated heterocycles. The number of ether oxygens (including phenoxy) is 1. The van der Waals surface area contributed by atoms with Gasteiger partial charge in [0.25, 0.3) is 5.91 Å². The first kappa shape index (κ1) is 17.1. The van der Waals surface area contributed by atoms with Gasteiger partial charge in [0, 0.05) is 6.54 Å². The van der Waals surface area contributed by atoms with Crippen LogP contribution < -0.4 is 10.1 Å². The van der Waals surface area contributed by atoms with Crippen molar-refractivity contribution in [2.24, 2.45) is 0 Å². The fourth-order valence-electron chi connectivity index (χ4n) is 1.59. The van der Waals surface area contributed by atoms with Crippen LogP contribution in [0.3, 0.4) is 0 Å². The smallest absolute Gasteiger partial charge is 0.261 e. The van der Waals surface area contributed by atoms with E-state index >= 15 is 0 Å². The van der Waals surface area contributed by atoms with Crippen LogP contribution in [-0.2, 0) is 4.79 Å². The normalized spacial score (nSPS) is 10.9. The Morgan fingerprint density at radius 1 is 1.52 bits per heavy atom. The maximum atomic E-state index is 11.8. The van der Waals surface area contributed by atoms with Gasteiger partial charge in [0.05, 0.1) is 11.1 Å². The number of aromatic hydroxyl groups is 1. The van der Waals surface area contributed by atoms with Gasteiger partial charge in [-0.05, 0) is 53.0 Å². The number of hydrogen-bond acceptors (Lipinski definition) is 4. The topological polar surface area (TPSA) is 82.4 Å². The number of carbonyl (C=O) groups excluding carboxylic acids is 1. The van der Waals surface area contributed by atoms with E-state index in [-0.39, 0.29) is 11.3 Å². The number of hydrogen-bond donors (Lipinski definition) is 2. The van der Waals surface area contributed by atoms with Crippen molar-refractivity contribution in [1.82, 2.24) is 5.32 Å². The van der Waals surface area contributed by atoms with Crippen molar-refractivity contribution in [1.29, 1.82) is 5.26 Å². The Morgan fingerprint density at radius 3 is 2.81 bits per heavy atom. The average Bonchev–Trinajstić information content (AvgIpc) is 2.47. The maximum Gasteiger partial charge on any atom is 0.261 e. The number of nitrogens with zero attached hydrogens (tertiary/aromatic N) is 1. The highest BCUT2D eigenvalue weighted by molar-refractivity contribution is 9.10. The molecule has 21 heavy (non-hydrogen) atoms. The molecule has 0 bridgehead atoms.